The molecule has 0 aliphatic rings. The summed E-state index contributed by atoms with van der Waals surface area (Å²) in [5.41, 5.74) is 0.641. The van der Waals surface area contributed by atoms with Crippen molar-refractivity contribution >= 4 is 47.4 Å². The summed E-state index contributed by atoms with van der Waals surface area (Å²) in [5.74, 6) is -0.0240. The van der Waals surface area contributed by atoms with Crippen LogP contribution in [0.15, 0.2) is 26.9 Å². The van der Waals surface area contributed by atoms with Crippen molar-refractivity contribution in [3.05, 3.63) is 29.6 Å². The van der Waals surface area contributed by atoms with E-state index in [4.69, 9.17) is 10.0 Å². The predicted octanol–water partition coefficient (Wildman–Crippen LogP) is 1.37. The Hall–Kier alpha value is -0.605. The zero-order valence-electron chi connectivity index (χ0n) is 9.91. The van der Waals surface area contributed by atoms with E-state index in [0.717, 1.165) is 14.7 Å². The molecule has 1 heterocycles. The number of halogens is 1. The summed E-state index contributed by atoms with van der Waals surface area (Å²) in [6, 6.07) is 4.18. The molecule has 19 heavy (non-hydrogen) atoms. The van der Waals surface area contributed by atoms with Gasteiger partial charge < -0.3 is 10.0 Å². The number of thioether (sulfide) groups is 2. The summed E-state index contributed by atoms with van der Waals surface area (Å²) < 4.78 is 15.4. The van der Waals surface area contributed by atoms with Gasteiger partial charge in [0.1, 0.15) is 5.82 Å². The fraction of sp³-hybridized carbons (Fsp3) is 0.200. The highest BCUT2D eigenvalue weighted by Crippen LogP contribution is 2.29. The lowest BCUT2D eigenvalue weighted by Crippen LogP contribution is -2.30. The van der Waals surface area contributed by atoms with E-state index in [9.17, 15) is 4.39 Å². The quantitative estimate of drug-likeness (QED) is 0.642. The van der Waals surface area contributed by atoms with Crippen LogP contribution in [0, 0.1) is 5.82 Å². The molecule has 0 amide bonds. The van der Waals surface area contributed by atoms with Gasteiger partial charge in [-0.1, -0.05) is 47.0 Å². The van der Waals surface area contributed by atoms with E-state index in [1.54, 1.807) is 6.07 Å². The lowest BCUT2D eigenvalue weighted by atomic mass is 9.80. The van der Waals surface area contributed by atoms with Gasteiger partial charge in [-0.25, -0.2) is 4.39 Å². The van der Waals surface area contributed by atoms with Gasteiger partial charge in [0.2, 0.25) is 0 Å². The second-order valence-corrected chi connectivity index (χ2v) is 6.80. The lowest BCUT2D eigenvalue weighted by molar-refractivity contribution is 0.425. The Balaban J connectivity index is 2.03. The molecule has 0 atom stereocenters. The van der Waals surface area contributed by atoms with E-state index in [2.05, 4.69) is 10.2 Å². The molecule has 2 N–H and O–H groups in total. The first kappa shape index (κ1) is 14.8. The number of hydrogen-bond acceptors (Lipinski definition) is 7. The lowest BCUT2D eigenvalue weighted by Gasteiger charge is -2.04. The van der Waals surface area contributed by atoms with E-state index >= 15 is 0 Å². The second kappa shape index (κ2) is 6.71. The van der Waals surface area contributed by atoms with Gasteiger partial charge in [0.15, 0.2) is 8.68 Å². The Labute approximate surface area is 122 Å². The van der Waals surface area contributed by atoms with Crippen molar-refractivity contribution in [1.29, 1.82) is 0 Å². The van der Waals surface area contributed by atoms with E-state index in [0.29, 0.717) is 11.3 Å². The second-order valence-electron chi connectivity index (χ2n) is 3.55. The zero-order chi connectivity index (χ0) is 13.8. The van der Waals surface area contributed by atoms with Gasteiger partial charge in [0.25, 0.3) is 0 Å². The molecular weight excluding hydrogens is 306 g/mol. The average molecular weight is 316 g/mol. The van der Waals surface area contributed by atoms with Crippen molar-refractivity contribution in [3.63, 3.8) is 0 Å². The third-order valence-corrected chi connectivity index (χ3v) is 5.37. The van der Waals surface area contributed by atoms with E-state index in [-0.39, 0.29) is 5.46 Å². The molecule has 0 unspecified atom stereocenters. The topological polar surface area (TPSA) is 66.2 Å². The van der Waals surface area contributed by atoms with Gasteiger partial charge in [-0.05, 0) is 23.3 Å². The van der Waals surface area contributed by atoms with Crippen LogP contribution in [-0.2, 0) is 5.75 Å². The molecule has 0 aliphatic carbocycles. The summed E-state index contributed by atoms with van der Waals surface area (Å²) in [5, 5.41) is 25.8. The molecule has 1 aromatic carbocycles. The van der Waals surface area contributed by atoms with Crippen LogP contribution >= 0.6 is 34.9 Å². The Morgan fingerprint density at radius 2 is 2.05 bits per heavy atom. The minimum Gasteiger partial charge on any atom is -0.423 e. The van der Waals surface area contributed by atoms with Crippen LogP contribution in [0.5, 0.6) is 0 Å². The molecule has 0 saturated carbocycles. The molecule has 2 aromatic rings. The maximum Gasteiger partial charge on any atom is 0.488 e. The fourth-order valence-electron chi connectivity index (χ4n) is 1.32. The average Bonchev–Trinajstić information content (AvgIpc) is 2.85. The number of hydrogen-bond donors (Lipinski definition) is 2. The van der Waals surface area contributed by atoms with Crippen molar-refractivity contribution in [2.45, 2.75) is 14.4 Å². The van der Waals surface area contributed by atoms with Gasteiger partial charge in [-0.2, -0.15) is 0 Å². The molecule has 100 valence electrons. The van der Waals surface area contributed by atoms with E-state index < -0.39 is 12.9 Å². The first-order chi connectivity index (χ1) is 9.10. The standard InChI is InChI=1S/C10H10BFN2O2S3/c1-17-9-13-14-10(19-9)18-5-6-2-3-7(11(15)16)4-8(6)12/h2-4,15-16H,5H2,1H3. The van der Waals surface area contributed by atoms with Crippen LogP contribution in [0.3, 0.4) is 0 Å². The van der Waals surface area contributed by atoms with Gasteiger partial charge in [-0.15, -0.1) is 10.2 Å². The smallest absolute Gasteiger partial charge is 0.423 e. The normalized spacial score (nSPS) is 10.7. The SMILES string of the molecule is CSc1nnc(SCc2ccc(B(O)O)cc2F)s1. The molecule has 0 radical (unpaired) electrons. The largest absolute Gasteiger partial charge is 0.488 e. The van der Waals surface area contributed by atoms with Crippen molar-refractivity contribution in [3.8, 4) is 0 Å². The minimum absolute atomic E-state index is 0.145. The van der Waals surface area contributed by atoms with Crippen molar-refractivity contribution < 1.29 is 14.4 Å². The first-order valence-electron chi connectivity index (χ1n) is 5.25. The van der Waals surface area contributed by atoms with Crippen LogP contribution in [0.1, 0.15) is 5.56 Å². The molecule has 0 spiro atoms. The van der Waals surface area contributed by atoms with Gasteiger partial charge >= 0.3 is 7.12 Å². The maximum atomic E-state index is 13.7. The summed E-state index contributed by atoms with van der Waals surface area (Å²) in [4.78, 5) is 0. The summed E-state index contributed by atoms with van der Waals surface area (Å²) in [6.07, 6.45) is 1.92. The van der Waals surface area contributed by atoms with Crippen LogP contribution in [0.4, 0.5) is 4.39 Å². The third kappa shape index (κ3) is 3.93. The fourth-order valence-corrected chi connectivity index (χ4v) is 3.74. The molecule has 1 aromatic heterocycles. The number of rotatable bonds is 5. The summed E-state index contributed by atoms with van der Waals surface area (Å²) in [7, 11) is -1.65. The zero-order valence-corrected chi connectivity index (χ0v) is 12.4. The highest BCUT2D eigenvalue weighted by molar-refractivity contribution is 8.02. The van der Waals surface area contributed by atoms with Gasteiger partial charge in [-0.3, -0.25) is 0 Å². The molecule has 9 heteroatoms. The predicted molar refractivity (Wildman–Crippen MR) is 77.5 cm³/mol. The van der Waals surface area contributed by atoms with Crippen LogP contribution < -0.4 is 5.46 Å². The highest BCUT2D eigenvalue weighted by Gasteiger charge is 2.14. The molecule has 0 saturated heterocycles. The Kier molecular flexibility index (Phi) is 5.23. The summed E-state index contributed by atoms with van der Waals surface area (Å²) >= 11 is 4.39. The third-order valence-electron chi connectivity index (χ3n) is 2.29. The van der Waals surface area contributed by atoms with Gasteiger partial charge in [0, 0.05) is 5.75 Å². The molecular formula is C10H10BFN2O2S3. The Bertz CT molecular complexity index is 567. The minimum atomic E-state index is -1.65. The first-order valence-corrected chi connectivity index (χ1v) is 8.27. The summed E-state index contributed by atoms with van der Waals surface area (Å²) in [6.45, 7) is 0. The Morgan fingerprint density at radius 3 is 2.63 bits per heavy atom. The number of benzene rings is 1. The van der Waals surface area contributed by atoms with Crippen LogP contribution in [-0.4, -0.2) is 33.6 Å². The molecule has 0 bridgehead atoms. The molecule has 2 rings (SSSR count). The van der Waals surface area contributed by atoms with Crippen LogP contribution in [0.25, 0.3) is 0 Å². The van der Waals surface area contributed by atoms with Crippen molar-refractivity contribution in [2.24, 2.45) is 0 Å². The van der Waals surface area contributed by atoms with Crippen LogP contribution in [0.2, 0.25) is 0 Å². The molecule has 0 fully saturated rings. The van der Waals surface area contributed by atoms with Gasteiger partial charge in [0.05, 0.1) is 0 Å². The monoisotopic (exact) mass is 316 g/mol. The van der Waals surface area contributed by atoms with Crippen molar-refractivity contribution in [2.75, 3.05) is 6.26 Å². The van der Waals surface area contributed by atoms with E-state index in [1.807, 2.05) is 6.26 Å². The molecule has 0 aliphatic heterocycles. The Morgan fingerprint density at radius 1 is 1.32 bits per heavy atom. The number of nitrogens with zero attached hydrogens (tertiary/aromatic N) is 2. The van der Waals surface area contributed by atoms with Crippen molar-refractivity contribution in [1.82, 2.24) is 10.2 Å². The highest BCUT2D eigenvalue weighted by atomic mass is 32.2. The van der Waals surface area contributed by atoms with E-state index in [1.165, 1.54) is 40.9 Å². The maximum absolute atomic E-state index is 13.7. The number of aromatic nitrogens is 2. The molecule has 4 nitrogen and oxygen atoms in total.